The van der Waals surface area contributed by atoms with Crippen molar-refractivity contribution in [3.63, 3.8) is 0 Å². The van der Waals surface area contributed by atoms with E-state index in [-0.39, 0.29) is 0 Å². The van der Waals surface area contributed by atoms with Gasteiger partial charge in [-0.05, 0) is 48.9 Å². The molecule has 0 bridgehead atoms. The van der Waals surface area contributed by atoms with Crippen LogP contribution in [0.25, 0.3) is 0 Å². The molecule has 0 heterocycles. The zero-order valence-electron chi connectivity index (χ0n) is 13.1. The molecular weight excluding hydrogens is 234 g/mol. The number of hydrogen-bond acceptors (Lipinski definition) is 2. The molecule has 2 heteroatoms. The highest BCUT2D eigenvalue weighted by atomic mass is 16.5. The molecule has 1 aromatic carbocycles. The second-order valence-corrected chi connectivity index (χ2v) is 5.55. The van der Waals surface area contributed by atoms with E-state index in [0.29, 0.717) is 12.0 Å². The molecule has 1 rings (SSSR count). The fourth-order valence-electron chi connectivity index (χ4n) is 2.20. The number of nitrogens with one attached hydrogen (secondary N) is 1. The van der Waals surface area contributed by atoms with Gasteiger partial charge in [-0.2, -0.15) is 0 Å². The van der Waals surface area contributed by atoms with Crippen LogP contribution in [0.1, 0.15) is 57.6 Å². The predicted octanol–water partition coefficient (Wildman–Crippen LogP) is 4.28. The molecule has 1 aromatic rings. The molecule has 0 aliphatic heterocycles. The molecule has 19 heavy (non-hydrogen) atoms. The molecule has 108 valence electrons. The molecule has 2 nitrogen and oxygen atoms in total. The van der Waals surface area contributed by atoms with Crippen LogP contribution < -0.4 is 10.1 Å². The van der Waals surface area contributed by atoms with Crippen LogP contribution in [0.15, 0.2) is 18.2 Å². The first-order valence-electron chi connectivity index (χ1n) is 7.54. The summed E-state index contributed by atoms with van der Waals surface area (Å²) in [7, 11) is 0. The molecule has 0 radical (unpaired) electrons. The Morgan fingerprint density at radius 1 is 1.11 bits per heavy atom. The lowest BCUT2D eigenvalue weighted by molar-refractivity contribution is 0.302. The number of aryl methyl sites for hydroxylation is 1. The first-order chi connectivity index (χ1) is 9.06. The quantitative estimate of drug-likeness (QED) is 0.707. The van der Waals surface area contributed by atoms with Gasteiger partial charge in [0, 0.05) is 12.6 Å². The number of benzene rings is 1. The van der Waals surface area contributed by atoms with Crippen LogP contribution in [-0.4, -0.2) is 19.2 Å². The number of hydrogen-bond donors (Lipinski definition) is 1. The standard InChI is InChI=1S/C17H29NO/c1-6-16(7-2)18-8-9-19-17-11-14(5)10-15(12-17)13(3)4/h10-13,16,18H,6-9H2,1-5H3. The van der Waals surface area contributed by atoms with Crippen LogP contribution >= 0.6 is 0 Å². The SMILES string of the molecule is CCC(CC)NCCOc1cc(C)cc(C(C)C)c1. The Morgan fingerprint density at radius 2 is 1.79 bits per heavy atom. The predicted molar refractivity (Wildman–Crippen MR) is 83.1 cm³/mol. The molecule has 0 unspecified atom stereocenters. The van der Waals surface area contributed by atoms with Gasteiger partial charge < -0.3 is 10.1 Å². The van der Waals surface area contributed by atoms with Crippen LogP contribution in [0.2, 0.25) is 0 Å². The Hall–Kier alpha value is -1.02. The van der Waals surface area contributed by atoms with E-state index in [9.17, 15) is 0 Å². The lowest BCUT2D eigenvalue weighted by atomic mass is 10.0. The Morgan fingerprint density at radius 3 is 2.37 bits per heavy atom. The maximum Gasteiger partial charge on any atom is 0.119 e. The maximum atomic E-state index is 5.85. The van der Waals surface area contributed by atoms with Gasteiger partial charge in [-0.25, -0.2) is 0 Å². The van der Waals surface area contributed by atoms with Crippen molar-refractivity contribution in [2.24, 2.45) is 0 Å². The molecule has 0 saturated heterocycles. The van der Waals surface area contributed by atoms with Gasteiger partial charge in [0.05, 0.1) is 0 Å². The number of rotatable bonds is 8. The maximum absolute atomic E-state index is 5.85. The lowest BCUT2D eigenvalue weighted by Crippen LogP contribution is -2.31. The van der Waals surface area contributed by atoms with Gasteiger partial charge in [-0.15, -0.1) is 0 Å². The van der Waals surface area contributed by atoms with Crippen molar-refractivity contribution in [1.29, 1.82) is 0 Å². The Kier molecular flexibility index (Phi) is 6.93. The summed E-state index contributed by atoms with van der Waals surface area (Å²) >= 11 is 0. The molecule has 0 fully saturated rings. The Balaban J connectivity index is 2.45. The van der Waals surface area contributed by atoms with Crippen molar-refractivity contribution in [3.05, 3.63) is 29.3 Å². The van der Waals surface area contributed by atoms with E-state index < -0.39 is 0 Å². The zero-order chi connectivity index (χ0) is 14.3. The molecular formula is C17H29NO. The van der Waals surface area contributed by atoms with Gasteiger partial charge in [-0.3, -0.25) is 0 Å². The third kappa shape index (κ3) is 5.65. The number of ether oxygens (including phenoxy) is 1. The average molecular weight is 263 g/mol. The molecule has 0 aromatic heterocycles. The minimum absolute atomic E-state index is 0.546. The first kappa shape index (κ1) is 16.0. The van der Waals surface area contributed by atoms with E-state index in [4.69, 9.17) is 4.74 Å². The average Bonchev–Trinajstić information content (AvgIpc) is 2.38. The van der Waals surface area contributed by atoms with E-state index in [1.54, 1.807) is 0 Å². The Labute approximate surface area is 118 Å². The van der Waals surface area contributed by atoms with Crippen LogP contribution in [0.5, 0.6) is 5.75 Å². The molecule has 0 amide bonds. The van der Waals surface area contributed by atoms with Gasteiger partial charge in [-0.1, -0.05) is 33.8 Å². The van der Waals surface area contributed by atoms with E-state index in [2.05, 4.69) is 58.1 Å². The van der Waals surface area contributed by atoms with Crippen molar-refractivity contribution < 1.29 is 4.74 Å². The summed E-state index contributed by atoms with van der Waals surface area (Å²) in [6.45, 7) is 12.6. The van der Waals surface area contributed by atoms with E-state index >= 15 is 0 Å². The largest absolute Gasteiger partial charge is 0.492 e. The van der Waals surface area contributed by atoms with Gasteiger partial charge in [0.2, 0.25) is 0 Å². The summed E-state index contributed by atoms with van der Waals surface area (Å²) in [6.07, 6.45) is 2.36. The fourth-order valence-corrected chi connectivity index (χ4v) is 2.20. The minimum Gasteiger partial charge on any atom is -0.492 e. The summed E-state index contributed by atoms with van der Waals surface area (Å²) in [5, 5.41) is 3.52. The van der Waals surface area contributed by atoms with E-state index in [1.807, 2.05) is 0 Å². The van der Waals surface area contributed by atoms with Gasteiger partial charge in [0.1, 0.15) is 12.4 Å². The second-order valence-electron chi connectivity index (χ2n) is 5.55. The summed E-state index contributed by atoms with van der Waals surface area (Å²) < 4.78 is 5.85. The fraction of sp³-hybridized carbons (Fsp3) is 0.647. The van der Waals surface area contributed by atoms with Crippen LogP contribution in [0.3, 0.4) is 0 Å². The summed E-state index contributed by atoms with van der Waals surface area (Å²) in [6, 6.07) is 7.13. The monoisotopic (exact) mass is 263 g/mol. The molecule has 0 aliphatic rings. The van der Waals surface area contributed by atoms with Gasteiger partial charge >= 0.3 is 0 Å². The summed E-state index contributed by atoms with van der Waals surface area (Å²) in [5.74, 6) is 1.54. The van der Waals surface area contributed by atoms with Crippen molar-refractivity contribution in [2.75, 3.05) is 13.2 Å². The van der Waals surface area contributed by atoms with Crippen LogP contribution in [0, 0.1) is 6.92 Å². The highest BCUT2D eigenvalue weighted by molar-refractivity contribution is 5.35. The second kappa shape index (κ2) is 8.21. The topological polar surface area (TPSA) is 21.3 Å². The smallest absolute Gasteiger partial charge is 0.119 e. The van der Waals surface area contributed by atoms with Crippen molar-refractivity contribution in [1.82, 2.24) is 5.32 Å². The molecule has 0 saturated carbocycles. The van der Waals surface area contributed by atoms with Crippen molar-refractivity contribution >= 4 is 0 Å². The molecule has 0 aliphatic carbocycles. The lowest BCUT2D eigenvalue weighted by Gasteiger charge is -2.16. The van der Waals surface area contributed by atoms with Crippen LogP contribution in [-0.2, 0) is 0 Å². The molecule has 0 spiro atoms. The van der Waals surface area contributed by atoms with E-state index in [1.165, 1.54) is 24.0 Å². The minimum atomic E-state index is 0.546. The molecule has 0 atom stereocenters. The first-order valence-corrected chi connectivity index (χ1v) is 7.54. The Bertz CT molecular complexity index is 370. The highest BCUT2D eigenvalue weighted by Crippen LogP contribution is 2.22. The summed E-state index contributed by atoms with van der Waals surface area (Å²) in [5.41, 5.74) is 2.62. The normalized spacial score (nSPS) is 11.3. The third-order valence-corrected chi connectivity index (χ3v) is 3.53. The third-order valence-electron chi connectivity index (χ3n) is 3.53. The van der Waals surface area contributed by atoms with Crippen LogP contribution in [0.4, 0.5) is 0 Å². The van der Waals surface area contributed by atoms with Gasteiger partial charge in [0.15, 0.2) is 0 Å². The molecule has 1 N–H and O–H groups in total. The van der Waals surface area contributed by atoms with Gasteiger partial charge in [0.25, 0.3) is 0 Å². The van der Waals surface area contributed by atoms with Crippen molar-refractivity contribution in [3.8, 4) is 5.75 Å². The van der Waals surface area contributed by atoms with Crippen molar-refractivity contribution in [2.45, 2.75) is 59.4 Å². The van der Waals surface area contributed by atoms with E-state index in [0.717, 1.165) is 18.9 Å². The highest BCUT2D eigenvalue weighted by Gasteiger charge is 2.04. The zero-order valence-corrected chi connectivity index (χ0v) is 13.1. The summed E-state index contributed by atoms with van der Waals surface area (Å²) in [4.78, 5) is 0.